The molecule has 5 heterocycles. The van der Waals surface area contributed by atoms with Crippen molar-refractivity contribution >= 4 is 23.7 Å². The number of hydrogen-bond donors (Lipinski definition) is 17. The summed E-state index contributed by atoms with van der Waals surface area (Å²) >= 11 is 0. The molecule has 27 unspecified atom stereocenters. The normalized spacial score (nSPS) is 46.2. The Hall–Kier alpha value is -4.75. The van der Waals surface area contributed by atoms with Crippen LogP contribution in [0.3, 0.4) is 0 Å². The fraction of sp³-hybridized carbons (Fsp3) is 0.806. The van der Waals surface area contributed by atoms with Gasteiger partial charge in [-0.25, -0.2) is 9.97 Å². The third-order valence-corrected chi connectivity index (χ3v) is 27.6. The van der Waals surface area contributed by atoms with Crippen molar-refractivity contribution in [3.8, 4) is 11.8 Å². The van der Waals surface area contributed by atoms with Gasteiger partial charge in [-0.05, 0) is 140 Å². The third-order valence-electron chi connectivity index (χ3n) is 27.6. The number of nitrogens with zero attached hydrogens (tertiary/aromatic N) is 3. The Kier molecular flexibility index (Phi) is 17.0. The van der Waals surface area contributed by atoms with Gasteiger partial charge in [-0.15, -0.1) is 0 Å². The number of nitrogens with one attached hydrogen (secondary N) is 6. The first-order valence-electron chi connectivity index (χ1n) is 34.0. The van der Waals surface area contributed by atoms with Crippen LogP contribution in [0.2, 0.25) is 0 Å². The van der Waals surface area contributed by atoms with Gasteiger partial charge in [0.2, 0.25) is 5.91 Å². The van der Waals surface area contributed by atoms with Crippen molar-refractivity contribution in [2.75, 3.05) is 58.4 Å². The maximum Gasteiger partial charge on any atom is 0.310 e. The molecule has 24 heteroatoms. The van der Waals surface area contributed by atoms with E-state index in [2.05, 4.69) is 79.9 Å². The molecule has 3 aliphatic heterocycles. The van der Waals surface area contributed by atoms with Gasteiger partial charge in [0.1, 0.15) is 30.4 Å². The number of carbonyl (C=O) groups excluding carboxylic acids is 1. The molecule has 0 bridgehead atoms. The van der Waals surface area contributed by atoms with E-state index in [9.17, 15) is 50.8 Å². The Morgan fingerprint density at radius 2 is 1.70 bits per heavy atom. The number of imidazole rings is 2. The first-order chi connectivity index (χ1) is 43.5. The lowest BCUT2D eigenvalue weighted by Gasteiger charge is -2.78. The van der Waals surface area contributed by atoms with Crippen LogP contribution in [0.4, 0.5) is 5.82 Å². The predicted octanol–water partition coefficient (Wildman–Crippen LogP) is 1.27. The third kappa shape index (κ3) is 9.43. The number of ether oxygens (including phenoxy) is 2. The van der Waals surface area contributed by atoms with Gasteiger partial charge < -0.3 is 98.1 Å². The number of carboxylic acid groups (broad SMARTS) is 1. The van der Waals surface area contributed by atoms with Crippen LogP contribution in [-0.4, -0.2) is 192 Å². The molecule has 0 radical (unpaired) electrons. The summed E-state index contributed by atoms with van der Waals surface area (Å²) in [5.41, 5.74) is 8.18. The van der Waals surface area contributed by atoms with Gasteiger partial charge in [0.15, 0.2) is 12.2 Å². The van der Waals surface area contributed by atoms with Crippen molar-refractivity contribution in [1.29, 1.82) is 0 Å². The Labute approximate surface area is 532 Å². The summed E-state index contributed by atoms with van der Waals surface area (Å²) in [6.45, 7) is 9.18. The highest BCUT2D eigenvalue weighted by molar-refractivity contribution is 5.87. The number of nitrogens with two attached hydrogens (primary N) is 2. The molecule has 24 nitrogen and oxygen atoms in total. The van der Waals surface area contributed by atoms with Gasteiger partial charge in [-0.2, -0.15) is 0 Å². The van der Waals surface area contributed by atoms with E-state index in [1.54, 1.807) is 19.6 Å². The quantitative estimate of drug-likeness (QED) is 0.0214. The monoisotopic (exact) mass is 1270 g/mol. The summed E-state index contributed by atoms with van der Waals surface area (Å²) in [5.74, 6) is 1.34. The number of aromatic nitrogens is 4. The molecule has 2 saturated heterocycles. The van der Waals surface area contributed by atoms with Crippen molar-refractivity contribution < 1.29 is 65.0 Å². The summed E-state index contributed by atoms with van der Waals surface area (Å²) in [6, 6.07) is -0.871. The lowest BCUT2D eigenvalue weighted by molar-refractivity contribution is -0.352. The average Bonchev–Trinajstić information content (AvgIpc) is 1.16. The minimum absolute atomic E-state index is 0.0650. The van der Waals surface area contributed by atoms with Gasteiger partial charge in [-0.1, -0.05) is 70.4 Å². The first kappa shape index (κ1) is 64.9. The van der Waals surface area contributed by atoms with E-state index >= 15 is 4.79 Å². The Morgan fingerprint density at radius 1 is 0.923 bits per heavy atom. The zero-order valence-corrected chi connectivity index (χ0v) is 53.4. The summed E-state index contributed by atoms with van der Waals surface area (Å²) in [7, 11) is 1.58. The van der Waals surface area contributed by atoms with Crippen LogP contribution >= 0.6 is 0 Å². The van der Waals surface area contributed by atoms with Crippen LogP contribution in [0.5, 0.6) is 0 Å². The highest BCUT2D eigenvalue weighted by Gasteiger charge is 2.80. The van der Waals surface area contributed by atoms with Crippen molar-refractivity contribution in [2.45, 2.75) is 179 Å². The Bertz CT molecular complexity index is 3150. The zero-order chi connectivity index (χ0) is 64.5. The molecule has 19 N–H and O–H groups in total. The summed E-state index contributed by atoms with van der Waals surface area (Å²) in [5, 5.41) is 123. The number of aliphatic hydroxyl groups excluding tert-OH is 8. The van der Waals surface area contributed by atoms with Crippen molar-refractivity contribution in [2.24, 2.45) is 119 Å². The molecule has 2 aromatic heterocycles. The lowest BCUT2D eigenvalue weighted by Crippen LogP contribution is -2.77. The van der Waals surface area contributed by atoms with Crippen molar-refractivity contribution in [3.05, 3.63) is 41.9 Å². The first-order valence-corrected chi connectivity index (χ1v) is 34.0. The van der Waals surface area contributed by atoms with Crippen molar-refractivity contribution in [1.82, 2.24) is 35.9 Å². The predicted molar refractivity (Wildman–Crippen MR) is 333 cm³/mol. The number of carboxylic acids is 1. The van der Waals surface area contributed by atoms with E-state index in [0.717, 1.165) is 37.0 Å². The summed E-state index contributed by atoms with van der Waals surface area (Å²) < 4.78 is 13.1. The van der Waals surface area contributed by atoms with Crippen LogP contribution < -0.4 is 32.7 Å². The largest absolute Gasteiger partial charge is 0.481 e. The standard InChI is InChI=1S/C67H101N11O13/c1-61(29-79)17-18-66(59(88)89)41(24-61)37-21-33-12-13-34-11-8-15-65(34)39(48(78-58(65)87)47(44-27-72-31-75-44)49(82)36(55(68)86)25-71-19-20-73-60(69)70-5)22-40-50(83)54(91-57-52(85)51(84)45(81)28-90-57)62(2,30-80)46-14-16-63(3,53(33)67(40,46)35-9-6-7-10-35)64(37,4)38-23-43-56(77-32-76-43)74-26-42(38)66/h21,27,31-36,38-42,45-55,57,71,74,79-86H,6-11,14-20,22-26,28-30,68H2,1-5H3,(H,72,75)(H,76,77)(H,78,87)(H,88,89)(H3,69,70,73). The number of allylic oxidation sites excluding steroid dienone is 2. The van der Waals surface area contributed by atoms with Gasteiger partial charge in [-0.3, -0.25) is 14.6 Å². The highest BCUT2D eigenvalue weighted by Crippen LogP contribution is 2.82. The van der Waals surface area contributed by atoms with E-state index in [0.29, 0.717) is 88.9 Å². The number of aromatic amines is 2. The number of fused-ring (bicyclic) bond motifs is 8. The van der Waals surface area contributed by atoms with E-state index in [1.165, 1.54) is 6.33 Å². The fourth-order valence-corrected chi connectivity index (χ4v) is 23.2. The second kappa shape index (κ2) is 23.9. The molecule has 0 aromatic carbocycles. The summed E-state index contributed by atoms with van der Waals surface area (Å²) in [6.07, 6.45) is 3.52. The lowest BCUT2D eigenvalue weighted by atomic mass is 9.26. The maximum atomic E-state index is 16.1. The van der Waals surface area contributed by atoms with Crippen molar-refractivity contribution in [3.63, 3.8) is 0 Å². The molecule has 91 heavy (non-hydrogen) atoms. The molecule has 11 aliphatic rings. The van der Waals surface area contributed by atoms with Crippen LogP contribution in [0.15, 0.2) is 35.5 Å². The van der Waals surface area contributed by atoms with E-state index < -0.39 is 159 Å². The maximum absolute atomic E-state index is 16.1. The minimum atomic E-state index is -1.73. The number of H-pyrrole nitrogens is 2. The molecule has 27 atom stereocenters. The van der Waals surface area contributed by atoms with E-state index in [1.807, 2.05) is 6.92 Å². The van der Waals surface area contributed by atoms with Gasteiger partial charge in [0.25, 0.3) is 0 Å². The SMILES string of the molecule is CN=C(N)NCCNCC(C(N)O)C(O)C(c1cnc[nH]1)C1NC(=O)C23CCCC2C#CC2C=C4C5CC(C)(CO)CCC5(C(=O)O)C5CNc6nc[nH]c6CC5C4(C)C4(C)CCC5C(C)(CO)C(OC6OCC(O)C(O)C6O)C(O)C(CC13)C5(C1CCCC1)C24. The van der Waals surface area contributed by atoms with Gasteiger partial charge in [0.05, 0.1) is 60.7 Å². The smallest absolute Gasteiger partial charge is 0.310 e. The van der Waals surface area contributed by atoms with E-state index in [4.69, 9.17) is 25.9 Å². The molecule has 502 valence electrons. The molecular weight excluding hydrogens is 1170 g/mol. The topological polar surface area (TPSA) is 405 Å². The summed E-state index contributed by atoms with van der Waals surface area (Å²) in [4.78, 5) is 51.0. The molecular formula is C67H101N11O13. The van der Waals surface area contributed by atoms with Gasteiger partial charge in [0, 0.05) is 86.9 Å². The number of aliphatic carboxylic acids is 1. The molecule has 2 aromatic rings. The number of hydrogen-bond acceptors (Lipinski definition) is 18. The fourth-order valence-electron chi connectivity index (χ4n) is 23.2. The Balaban J connectivity index is 1.06. The molecule has 1 amide bonds. The minimum Gasteiger partial charge on any atom is -0.481 e. The van der Waals surface area contributed by atoms with Crippen LogP contribution in [-0.2, 0) is 25.5 Å². The number of carbonyl (C=O) groups is 2. The number of anilines is 1. The molecule has 13 rings (SSSR count). The molecule has 1 spiro atoms. The van der Waals surface area contributed by atoms with Gasteiger partial charge >= 0.3 is 5.97 Å². The second-order valence-electron chi connectivity index (χ2n) is 31.0. The second-order valence-corrected chi connectivity index (χ2v) is 31.0. The Morgan fingerprint density at radius 3 is 2.41 bits per heavy atom. The molecule has 8 fully saturated rings. The number of guanidine groups is 1. The molecule has 8 aliphatic carbocycles. The van der Waals surface area contributed by atoms with Crippen LogP contribution in [0, 0.1) is 115 Å². The van der Waals surface area contributed by atoms with E-state index in [-0.39, 0.29) is 55.8 Å². The molecule has 6 saturated carbocycles. The zero-order valence-electron chi connectivity index (χ0n) is 53.4. The number of rotatable bonds is 16. The van der Waals surface area contributed by atoms with Crippen LogP contribution in [0.25, 0.3) is 0 Å². The average molecular weight is 1270 g/mol. The van der Waals surface area contributed by atoms with Crippen LogP contribution in [0.1, 0.15) is 128 Å². The number of aliphatic imine (C=N–C) groups is 1. The number of aliphatic hydroxyl groups is 8. The highest BCUT2D eigenvalue weighted by atomic mass is 16.7. The number of amides is 1.